The summed E-state index contributed by atoms with van der Waals surface area (Å²) in [7, 11) is 0. The third kappa shape index (κ3) is 2.52. The number of phenols is 1. The minimum Gasteiger partial charge on any atom is -0.508 e. The molecule has 4 nitrogen and oxygen atoms in total. The van der Waals surface area contributed by atoms with Crippen LogP contribution < -0.4 is 0 Å². The number of benzene rings is 1. The molecule has 0 saturated carbocycles. The van der Waals surface area contributed by atoms with Crippen molar-refractivity contribution in [2.75, 3.05) is 6.54 Å². The highest BCUT2D eigenvalue weighted by molar-refractivity contribution is 5.65. The Hall–Kier alpha value is -1.71. The molecule has 92 valence electrons. The quantitative estimate of drug-likeness (QED) is 0.786. The lowest BCUT2D eigenvalue weighted by Crippen LogP contribution is -2.43. The van der Waals surface area contributed by atoms with E-state index in [9.17, 15) is 9.90 Å². The fraction of sp³-hybridized carbons (Fsp3) is 0.462. The van der Waals surface area contributed by atoms with Gasteiger partial charge in [-0.3, -0.25) is 0 Å². The lowest BCUT2D eigenvalue weighted by Gasteiger charge is -2.36. The summed E-state index contributed by atoms with van der Waals surface area (Å²) in [5.41, 5.74) is 1.18. The van der Waals surface area contributed by atoms with Gasteiger partial charge in [-0.2, -0.15) is 0 Å². The van der Waals surface area contributed by atoms with Gasteiger partial charge in [0, 0.05) is 12.6 Å². The van der Waals surface area contributed by atoms with Crippen molar-refractivity contribution in [3.63, 3.8) is 0 Å². The first kappa shape index (κ1) is 11.8. The van der Waals surface area contributed by atoms with Crippen LogP contribution in [-0.2, 0) is 0 Å². The highest BCUT2D eigenvalue weighted by Gasteiger charge is 2.29. The third-order valence-electron chi connectivity index (χ3n) is 3.49. The molecule has 1 aromatic carbocycles. The van der Waals surface area contributed by atoms with E-state index in [1.807, 2.05) is 19.1 Å². The number of phenolic OH excluding ortho intramolecular Hbond substituents is 1. The van der Waals surface area contributed by atoms with E-state index < -0.39 is 6.09 Å². The standard InChI is InChI=1S/C13H17NO3/c1-9-8-11(6-7-14(9)13(16)17)10-2-4-12(15)5-3-10/h2-5,9,11,15H,6-8H2,1H3,(H,16,17). The van der Waals surface area contributed by atoms with Gasteiger partial charge in [0.25, 0.3) is 0 Å². The van der Waals surface area contributed by atoms with Gasteiger partial charge < -0.3 is 15.1 Å². The van der Waals surface area contributed by atoms with E-state index in [1.165, 1.54) is 10.5 Å². The summed E-state index contributed by atoms with van der Waals surface area (Å²) < 4.78 is 0. The second-order valence-electron chi connectivity index (χ2n) is 4.64. The highest BCUT2D eigenvalue weighted by Crippen LogP contribution is 2.32. The zero-order chi connectivity index (χ0) is 12.4. The van der Waals surface area contributed by atoms with E-state index in [1.54, 1.807) is 12.1 Å². The average molecular weight is 235 g/mol. The summed E-state index contributed by atoms with van der Waals surface area (Å²) in [4.78, 5) is 12.4. The van der Waals surface area contributed by atoms with Crippen LogP contribution in [0.5, 0.6) is 5.75 Å². The summed E-state index contributed by atoms with van der Waals surface area (Å²) in [5, 5.41) is 18.2. The second kappa shape index (κ2) is 4.65. The van der Waals surface area contributed by atoms with Crippen molar-refractivity contribution < 1.29 is 15.0 Å². The number of nitrogens with zero attached hydrogens (tertiary/aromatic N) is 1. The molecule has 2 N–H and O–H groups in total. The molecule has 2 unspecified atom stereocenters. The summed E-state index contributed by atoms with van der Waals surface area (Å²) in [6, 6.07) is 7.26. The highest BCUT2D eigenvalue weighted by atomic mass is 16.4. The molecule has 1 heterocycles. The second-order valence-corrected chi connectivity index (χ2v) is 4.64. The maximum absolute atomic E-state index is 10.9. The molecule has 0 spiro atoms. The zero-order valence-electron chi connectivity index (χ0n) is 9.84. The molecule has 2 atom stereocenters. The molecule has 2 rings (SSSR count). The molecule has 0 bridgehead atoms. The Balaban J connectivity index is 2.06. The Morgan fingerprint density at radius 1 is 1.35 bits per heavy atom. The fourth-order valence-electron chi connectivity index (χ4n) is 2.51. The number of amides is 1. The Kier molecular flexibility index (Phi) is 3.22. The van der Waals surface area contributed by atoms with Crippen molar-refractivity contribution in [2.45, 2.75) is 31.7 Å². The van der Waals surface area contributed by atoms with Crippen LogP contribution in [0.15, 0.2) is 24.3 Å². The third-order valence-corrected chi connectivity index (χ3v) is 3.49. The molecule has 0 radical (unpaired) electrons. The van der Waals surface area contributed by atoms with Crippen LogP contribution in [-0.4, -0.2) is 33.8 Å². The number of rotatable bonds is 1. The van der Waals surface area contributed by atoms with E-state index in [-0.39, 0.29) is 11.8 Å². The van der Waals surface area contributed by atoms with Crippen LogP contribution in [0.2, 0.25) is 0 Å². The molecule has 17 heavy (non-hydrogen) atoms. The Bertz CT molecular complexity index is 402. The van der Waals surface area contributed by atoms with Crippen molar-refractivity contribution in [1.29, 1.82) is 0 Å². The van der Waals surface area contributed by atoms with E-state index >= 15 is 0 Å². The number of carbonyl (C=O) groups is 1. The van der Waals surface area contributed by atoms with Crippen LogP contribution in [0, 0.1) is 0 Å². The first-order valence-corrected chi connectivity index (χ1v) is 5.86. The zero-order valence-corrected chi connectivity index (χ0v) is 9.84. The van der Waals surface area contributed by atoms with Gasteiger partial charge in [0.15, 0.2) is 0 Å². The lowest BCUT2D eigenvalue weighted by atomic mass is 9.86. The number of piperidine rings is 1. The fourth-order valence-corrected chi connectivity index (χ4v) is 2.51. The van der Waals surface area contributed by atoms with Gasteiger partial charge in [0.1, 0.15) is 5.75 Å². The molecule has 0 aromatic heterocycles. The number of hydrogen-bond acceptors (Lipinski definition) is 2. The van der Waals surface area contributed by atoms with Crippen LogP contribution in [0.3, 0.4) is 0 Å². The number of likely N-dealkylation sites (tertiary alicyclic amines) is 1. The normalized spacial score (nSPS) is 24.6. The average Bonchev–Trinajstić information content (AvgIpc) is 2.29. The molecule has 1 saturated heterocycles. The summed E-state index contributed by atoms with van der Waals surface area (Å²) in [6.45, 7) is 2.53. The van der Waals surface area contributed by atoms with Crippen LogP contribution >= 0.6 is 0 Å². The van der Waals surface area contributed by atoms with Gasteiger partial charge in [-0.1, -0.05) is 12.1 Å². The maximum atomic E-state index is 10.9. The minimum absolute atomic E-state index is 0.0556. The number of hydrogen-bond donors (Lipinski definition) is 2. The van der Waals surface area contributed by atoms with E-state index in [0.29, 0.717) is 12.5 Å². The molecular weight excluding hydrogens is 218 g/mol. The predicted octanol–water partition coefficient (Wildman–Crippen LogP) is 2.64. The summed E-state index contributed by atoms with van der Waals surface area (Å²) >= 11 is 0. The molecule has 1 aliphatic rings. The Labute approximate surface area is 100 Å². The lowest BCUT2D eigenvalue weighted by molar-refractivity contribution is 0.107. The predicted molar refractivity (Wildman–Crippen MR) is 64.3 cm³/mol. The Morgan fingerprint density at radius 2 is 2.00 bits per heavy atom. The number of aromatic hydroxyl groups is 1. The van der Waals surface area contributed by atoms with Crippen LogP contribution in [0.4, 0.5) is 4.79 Å². The van der Waals surface area contributed by atoms with Gasteiger partial charge in [-0.25, -0.2) is 4.79 Å². The molecule has 1 aromatic rings. The molecule has 4 heteroatoms. The van der Waals surface area contributed by atoms with E-state index in [2.05, 4.69) is 0 Å². The van der Waals surface area contributed by atoms with Gasteiger partial charge in [0.2, 0.25) is 0 Å². The van der Waals surface area contributed by atoms with E-state index in [4.69, 9.17) is 5.11 Å². The first-order chi connectivity index (χ1) is 8.08. The molecule has 0 aliphatic carbocycles. The largest absolute Gasteiger partial charge is 0.508 e. The maximum Gasteiger partial charge on any atom is 0.407 e. The summed E-state index contributed by atoms with van der Waals surface area (Å²) in [5.74, 6) is 0.658. The first-order valence-electron chi connectivity index (χ1n) is 5.86. The van der Waals surface area contributed by atoms with Crippen molar-refractivity contribution in [3.8, 4) is 5.75 Å². The SMILES string of the molecule is CC1CC(c2ccc(O)cc2)CCN1C(=O)O. The van der Waals surface area contributed by atoms with Gasteiger partial charge >= 0.3 is 6.09 Å². The van der Waals surface area contributed by atoms with Gasteiger partial charge in [0.05, 0.1) is 0 Å². The van der Waals surface area contributed by atoms with Crippen molar-refractivity contribution in [2.24, 2.45) is 0 Å². The van der Waals surface area contributed by atoms with Gasteiger partial charge in [-0.15, -0.1) is 0 Å². The van der Waals surface area contributed by atoms with Gasteiger partial charge in [-0.05, 0) is 43.4 Å². The Morgan fingerprint density at radius 3 is 2.53 bits per heavy atom. The molecule has 1 aliphatic heterocycles. The smallest absolute Gasteiger partial charge is 0.407 e. The van der Waals surface area contributed by atoms with Crippen molar-refractivity contribution >= 4 is 6.09 Å². The summed E-state index contributed by atoms with van der Waals surface area (Å²) in [6.07, 6.45) is 0.861. The van der Waals surface area contributed by atoms with Crippen molar-refractivity contribution in [1.82, 2.24) is 4.90 Å². The van der Waals surface area contributed by atoms with Crippen LogP contribution in [0.1, 0.15) is 31.2 Å². The monoisotopic (exact) mass is 235 g/mol. The number of carboxylic acid groups (broad SMARTS) is 1. The topological polar surface area (TPSA) is 60.8 Å². The molecule has 1 amide bonds. The van der Waals surface area contributed by atoms with Crippen LogP contribution in [0.25, 0.3) is 0 Å². The molecule has 1 fully saturated rings. The van der Waals surface area contributed by atoms with Crippen molar-refractivity contribution in [3.05, 3.63) is 29.8 Å². The molecular formula is C13H17NO3. The minimum atomic E-state index is -0.832. The van der Waals surface area contributed by atoms with E-state index in [0.717, 1.165) is 12.8 Å².